The predicted molar refractivity (Wildman–Crippen MR) is 78.3 cm³/mol. The van der Waals surface area contributed by atoms with E-state index >= 15 is 0 Å². The molecule has 0 saturated heterocycles. The van der Waals surface area contributed by atoms with Gasteiger partial charge in [-0.3, -0.25) is 5.84 Å². The summed E-state index contributed by atoms with van der Waals surface area (Å²) >= 11 is 6.04. The van der Waals surface area contributed by atoms with Crippen molar-refractivity contribution < 1.29 is 4.74 Å². The highest BCUT2D eigenvalue weighted by Gasteiger charge is 2.14. The lowest BCUT2D eigenvalue weighted by Gasteiger charge is -2.18. The second-order valence-electron chi connectivity index (χ2n) is 4.41. The highest BCUT2D eigenvalue weighted by atomic mass is 35.5. The average Bonchev–Trinajstić information content (AvgIpc) is 2.41. The number of halogens is 1. The van der Waals surface area contributed by atoms with Gasteiger partial charge in [-0.15, -0.1) is 0 Å². The van der Waals surface area contributed by atoms with Crippen LogP contribution in [0.4, 0.5) is 0 Å². The van der Waals surface area contributed by atoms with Crippen molar-refractivity contribution in [2.24, 2.45) is 5.84 Å². The van der Waals surface area contributed by atoms with E-state index in [-0.39, 0.29) is 6.04 Å². The molecular formula is C15H17ClN2O. The summed E-state index contributed by atoms with van der Waals surface area (Å²) in [7, 11) is 1.60. The van der Waals surface area contributed by atoms with Gasteiger partial charge in [0, 0.05) is 0 Å². The molecule has 4 heteroatoms. The van der Waals surface area contributed by atoms with Crippen molar-refractivity contribution in [2.45, 2.75) is 13.0 Å². The van der Waals surface area contributed by atoms with E-state index < -0.39 is 0 Å². The van der Waals surface area contributed by atoms with Crippen LogP contribution in [0.2, 0.25) is 5.02 Å². The van der Waals surface area contributed by atoms with E-state index in [0.717, 1.165) is 11.1 Å². The Hall–Kier alpha value is -1.55. The van der Waals surface area contributed by atoms with Crippen LogP contribution >= 0.6 is 11.6 Å². The lowest BCUT2D eigenvalue weighted by Crippen LogP contribution is -2.28. The Morgan fingerprint density at radius 3 is 2.53 bits per heavy atom. The number of hydrogen-bond donors (Lipinski definition) is 2. The quantitative estimate of drug-likeness (QED) is 0.666. The summed E-state index contributed by atoms with van der Waals surface area (Å²) in [5.41, 5.74) is 6.14. The van der Waals surface area contributed by atoms with Gasteiger partial charge in [-0.2, -0.15) is 0 Å². The number of hydrogen-bond acceptors (Lipinski definition) is 3. The van der Waals surface area contributed by atoms with E-state index in [1.807, 2.05) is 30.3 Å². The first-order valence-electron chi connectivity index (χ1n) is 6.02. The van der Waals surface area contributed by atoms with Crippen molar-refractivity contribution in [1.29, 1.82) is 0 Å². The van der Waals surface area contributed by atoms with Crippen molar-refractivity contribution >= 4 is 11.6 Å². The Kier molecular flexibility index (Phi) is 4.43. The summed E-state index contributed by atoms with van der Waals surface area (Å²) < 4.78 is 5.24. The van der Waals surface area contributed by atoms with Crippen LogP contribution in [0.15, 0.2) is 42.5 Å². The van der Waals surface area contributed by atoms with Crippen LogP contribution in [0.1, 0.15) is 22.7 Å². The summed E-state index contributed by atoms with van der Waals surface area (Å²) in [4.78, 5) is 0. The molecule has 0 aliphatic rings. The third-order valence-corrected chi connectivity index (χ3v) is 3.36. The van der Waals surface area contributed by atoms with Gasteiger partial charge in [0.25, 0.3) is 0 Å². The fourth-order valence-electron chi connectivity index (χ4n) is 2.09. The molecule has 0 bridgehead atoms. The van der Waals surface area contributed by atoms with E-state index in [4.69, 9.17) is 22.2 Å². The van der Waals surface area contributed by atoms with Crippen molar-refractivity contribution in [1.82, 2.24) is 5.43 Å². The molecule has 0 fully saturated rings. The average molecular weight is 277 g/mol. The van der Waals surface area contributed by atoms with Gasteiger partial charge in [0.2, 0.25) is 0 Å². The first-order chi connectivity index (χ1) is 9.15. The fourth-order valence-corrected chi connectivity index (χ4v) is 2.29. The zero-order chi connectivity index (χ0) is 13.8. The van der Waals surface area contributed by atoms with Crippen LogP contribution in [-0.4, -0.2) is 7.11 Å². The SMILES string of the molecule is COc1cc(C(NN)c2cccc(C)c2)ccc1Cl. The highest BCUT2D eigenvalue weighted by Crippen LogP contribution is 2.30. The van der Waals surface area contributed by atoms with Crippen molar-refractivity contribution in [3.63, 3.8) is 0 Å². The molecule has 0 aliphatic carbocycles. The second kappa shape index (κ2) is 6.06. The number of hydrazine groups is 1. The molecule has 0 aromatic heterocycles. The third-order valence-electron chi connectivity index (χ3n) is 3.05. The second-order valence-corrected chi connectivity index (χ2v) is 4.82. The number of nitrogens with two attached hydrogens (primary N) is 1. The zero-order valence-electron chi connectivity index (χ0n) is 11.0. The van der Waals surface area contributed by atoms with E-state index in [0.29, 0.717) is 10.8 Å². The van der Waals surface area contributed by atoms with Crippen LogP contribution in [0.25, 0.3) is 0 Å². The molecule has 0 spiro atoms. The van der Waals surface area contributed by atoms with Crippen LogP contribution in [0.3, 0.4) is 0 Å². The molecule has 100 valence electrons. The largest absolute Gasteiger partial charge is 0.495 e. The number of methoxy groups -OCH3 is 1. The molecule has 2 aromatic carbocycles. The first-order valence-corrected chi connectivity index (χ1v) is 6.39. The maximum atomic E-state index is 6.04. The molecule has 0 heterocycles. The monoisotopic (exact) mass is 276 g/mol. The van der Waals surface area contributed by atoms with Gasteiger partial charge >= 0.3 is 0 Å². The maximum Gasteiger partial charge on any atom is 0.137 e. The number of ether oxygens (including phenoxy) is 1. The van der Waals surface area contributed by atoms with Crippen LogP contribution in [0, 0.1) is 6.92 Å². The summed E-state index contributed by atoms with van der Waals surface area (Å²) in [5.74, 6) is 6.34. The van der Waals surface area contributed by atoms with Gasteiger partial charge in [-0.05, 0) is 30.2 Å². The molecule has 0 saturated carbocycles. The molecule has 1 unspecified atom stereocenters. The lowest BCUT2D eigenvalue weighted by atomic mass is 9.98. The lowest BCUT2D eigenvalue weighted by molar-refractivity contribution is 0.414. The van der Waals surface area contributed by atoms with E-state index in [2.05, 4.69) is 24.5 Å². The topological polar surface area (TPSA) is 47.3 Å². The normalized spacial score (nSPS) is 12.2. The zero-order valence-corrected chi connectivity index (χ0v) is 11.7. The maximum absolute atomic E-state index is 6.04. The Bertz CT molecular complexity index is 572. The molecule has 2 rings (SSSR count). The molecule has 0 radical (unpaired) electrons. The molecule has 19 heavy (non-hydrogen) atoms. The van der Waals surface area contributed by atoms with Gasteiger partial charge in [0.15, 0.2) is 0 Å². The smallest absolute Gasteiger partial charge is 0.137 e. The minimum absolute atomic E-state index is 0.0916. The summed E-state index contributed by atoms with van der Waals surface area (Å²) in [6.45, 7) is 2.06. The minimum Gasteiger partial charge on any atom is -0.495 e. The molecule has 1 atom stereocenters. The van der Waals surface area contributed by atoms with Crippen molar-refractivity contribution in [3.05, 3.63) is 64.2 Å². The molecule has 2 aromatic rings. The molecule has 0 amide bonds. The van der Waals surface area contributed by atoms with Crippen LogP contribution in [-0.2, 0) is 0 Å². The van der Waals surface area contributed by atoms with Gasteiger partial charge < -0.3 is 4.74 Å². The molecule has 3 N–H and O–H groups in total. The Labute approximate surface area is 118 Å². The summed E-state index contributed by atoms with van der Waals surface area (Å²) in [6.07, 6.45) is 0. The number of rotatable bonds is 4. The van der Waals surface area contributed by atoms with E-state index in [1.165, 1.54) is 5.56 Å². The van der Waals surface area contributed by atoms with Gasteiger partial charge in [0.1, 0.15) is 5.75 Å². The standard InChI is InChI=1S/C15H17ClN2O/c1-10-4-3-5-11(8-10)15(18-17)12-6-7-13(16)14(9-12)19-2/h3-9,15,18H,17H2,1-2H3. The summed E-state index contributed by atoms with van der Waals surface area (Å²) in [6, 6.07) is 13.8. The molecule has 3 nitrogen and oxygen atoms in total. The number of nitrogens with one attached hydrogen (secondary N) is 1. The predicted octanol–water partition coefficient (Wildman–Crippen LogP) is 3.21. The Morgan fingerprint density at radius 1 is 1.16 bits per heavy atom. The van der Waals surface area contributed by atoms with Crippen molar-refractivity contribution in [3.8, 4) is 5.75 Å². The molecule has 0 aliphatic heterocycles. The van der Waals surface area contributed by atoms with Gasteiger partial charge in [-0.25, -0.2) is 5.43 Å². The van der Waals surface area contributed by atoms with Gasteiger partial charge in [-0.1, -0.05) is 47.5 Å². The van der Waals surface area contributed by atoms with Crippen LogP contribution in [0.5, 0.6) is 5.75 Å². The number of aryl methyl sites for hydroxylation is 1. The molecular weight excluding hydrogens is 260 g/mol. The minimum atomic E-state index is -0.0916. The third kappa shape index (κ3) is 3.07. The fraction of sp³-hybridized carbons (Fsp3) is 0.200. The van der Waals surface area contributed by atoms with E-state index in [1.54, 1.807) is 7.11 Å². The summed E-state index contributed by atoms with van der Waals surface area (Å²) in [5, 5.41) is 0.589. The van der Waals surface area contributed by atoms with Crippen LogP contribution < -0.4 is 16.0 Å². The van der Waals surface area contributed by atoms with E-state index in [9.17, 15) is 0 Å². The first kappa shape index (κ1) is 13.9. The Balaban J connectivity index is 2.42. The van der Waals surface area contributed by atoms with Gasteiger partial charge in [0.05, 0.1) is 18.2 Å². The highest BCUT2D eigenvalue weighted by molar-refractivity contribution is 6.32. The number of benzene rings is 2. The Morgan fingerprint density at radius 2 is 1.89 bits per heavy atom. The van der Waals surface area contributed by atoms with Crippen molar-refractivity contribution in [2.75, 3.05) is 7.11 Å².